The van der Waals surface area contributed by atoms with Crippen LogP contribution in [0.4, 0.5) is 18.9 Å². The molecular formula is C26H19ClF3NO5. The highest BCUT2D eigenvalue weighted by Crippen LogP contribution is 2.43. The monoisotopic (exact) mass is 517 g/mol. The van der Waals surface area contributed by atoms with Crippen molar-refractivity contribution in [2.45, 2.75) is 19.3 Å². The number of carbonyl (C=O) groups excluding carboxylic acids is 2. The summed E-state index contributed by atoms with van der Waals surface area (Å²) in [7, 11) is 0. The van der Waals surface area contributed by atoms with Crippen LogP contribution in [-0.4, -0.2) is 29.8 Å². The fraction of sp³-hybridized carbons (Fsp3) is 0.154. The summed E-state index contributed by atoms with van der Waals surface area (Å²) in [5, 5.41) is 11.5. The minimum atomic E-state index is -4.95. The van der Waals surface area contributed by atoms with Gasteiger partial charge >= 0.3 is 6.36 Å². The molecule has 1 heterocycles. The van der Waals surface area contributed by atoms with Crippen molar-refractivity contribution in [1.29, 1.82) is 0 Å². The second-order valence-corrected chi connectivity index (χ2v) is 8.11. The number of carbonyl (C=O) groups is 2. The maximum atomic E-state index is 13.2. The molecule has 0 aliphatic carbocycles. The lowest BCUT2D eigenvalue weighted by atomic mass is 9.95. The molecule has 1 aliphatic rings. The summed E-state index contributed by atoms with van der Waals surface area (Å²) < 4.78 is 47.8. The van der Waals surface area contributed by atoms with Crippen LogP contribution >= 0.6 is 11.6 Å². The van der Waals surface area contributed by atoms with Crippen molar-refractivity contribution in [3.63, 3.8) is 0 Å². The Kier molecular flexibility index (Phi) is 6.94. The number of anilines is 1. The predicted octanol–water partition coefficient (Wildman–Crippen LogP) is 6.26. The summed E-state index contributed by atoms with van der Waals surface area (Å²) in [6, 6.07) is 16.3. The first-order chi connectivity index (χ1) is 17.1. The summed E-state index contributed by atoms with van der Waals surface area (Å²) in [4.78, 5) is 27.4. The van der Waals surface area contributed by atoms with Crippen LogP contribution in [0.25, 0.3) is 5.76 Å². The highest BCUT2D eigenvalue weighted by atomic mass is 35.5. The molecule has 6 nitrogen and oxygen atoms in total. The quantitative estimate of drug-likeness (QED) is 0.237. The van der Waals surface area contributed by atoms with E-state index >= 15 is 0 Å². The second-order valence-electron chi connectivity index (χ2n) is 7.70. The Hall–Kier alpha value is -3.98. The largest absolute Gasteiger partial charge is 0.573 e. The van der Waals surface area contributed by atoms with Gasteiger partial charge in [0.05, 0.1) is 23.2 Å². The molecule has 1 aliphatic heterocycles. The van der Waals surface area contributed by atoms with E-state index in [0.29, 0.717) is 12.2 Å². The number of alkyl halides is 3. The van der Waals surface area contributed by atoms with E-state index in [0.717, 1.165) is 17.0 Å². The normalized spacial score (nSPS) is 17.4. The van der Waals surface area contributed by atoms with Gasteiger partial charge in [0, 0.05) is 17.3 Å². The molecule has 0 bridgehead atoms. The number of ketones is 1. The van der Waals surface area contributed by atoms with Crippen LogP contribution in [0.1, 0.15) is 24.1 Å². The number of amides is 1. The summed E-state index contributed by atoms with van der Waals surface area (Å²) >= 11 is 6.14. The lowest BCUT2D eigenvalue weighted by Gasteiger charge is -2.26. The third-order valence-corrected chi connectivity index (χ3v) is 5.71. The van der Waals surface area contributed by atoms with Gasteiger partial charge in [-0.25, -0.2) is 0 Å². The number of aliphatic hydroxyl groups is 1. The molecule has 36 heavy (non-hydrogen) atoms. The van der Waals surface area contributed by atoms with E-state index in [1.165, 1.54) is 30.3 Å². The lowest BCUT2D eigenvalue weighted by molar-refractivity contribution is -0.274. The molecule has 0 saturated carbocycles. The number of Topliss-reactive ketones (excluding diaryl/α,β-unsaturated/α-hetero) is 1. The Balaban J connectivity index is 1.88. The molecule has 1 N–H and O–H groups in total. The van der Waals surface area contributed by atoms with Crippen LogP contribution in [0.15, 0.2) is 78.4 Å². The zero-order chi connectivity index (χ0) is 26.0. The van der Waals surface area contributed by atoms with Gasteiger partial charge in [-0.3, -0.25) is 14.5 Å². The number of aliphatic hydroxyl groups excluding tert-OH is 1. The van der Waals surface area contributed by atoms with E-state index in [-0.39, 0.29) is 27.6 Å². The van der Waals surface area contributed by atoms with Gasteiger partial charge in [-0.15, -0.1) is 13.2 Å². The zero-order valence-corrected chi connectivity index (χ0v) is 19.5. The number of rotatable bonds is 6. The van der Waals surface area contributed by atoms with Crippen molar-refractivity contribution in [3.8, 4) is 11.5 Å². The number of hydrogen-bond acceptors (Lipinski definition) is 5. The zero-order valence-electron chi connectivity index (χ0n) is 18.8. The summed E-state index contributed by atoms with van der Waals surface area (Å²) in [5.74, 6) is -2.80. The molecule has 0 spiro atoms. The van der Waals surface area contributed by atoms with E-state index < -0.39 is 35.6 Å². The molecule has 3 aromatic rings. The first kappa shape index (κ1) is 25.1. The van der Waals surface area contributed by atoms with Gasteiger partial charge < -0.3 is 14.6 Å². The van der Waals surface area contributed by atoms with Crippen LogP contribution in [0, 0.1) is 0 Å². The Morgan fingerprint density at radius 2 is 1.75 bits per heavy atom. The molecule has 3 aromatic carbocycles. The van der Waals surface area contributed by atoms with Crippen molar-refractivity contribution in [2.75, 3.05) is 11.5 Å². The molecule has 186 valence electrons. The van der Waals surface area contributed by atoms with E-state index in [4.69, 9.17) is 16.3 Å². The maximum Gasteiger partial charge on any atom is 0.573 e. The first-order valence-corrected chi connectivity index (χ1v) is 11.1. The number of ether oxygens (including phenoxy) is 2. The summed E-state index contributed by atoms with van der Waals surface area (Å²) in [6.07, 6.45) is -4.95. The number of nitrogens with zero attached hydrogens (tertiary/aromatic N) is 1. The lowest BCUT2D eigenvalue weighted by Crippen LogP contribution is -2.29. The standard InChI is InChI=1S/C26H19ClF3NO5/c1-2-35-20-13-16(11-12-19(20)27)23(32)21-22(15-7-4-3-5-8-15)31(25(34)24(21)33)17-9-6-10-18(14-17)36-26(28,29)30/h3-14,22,32H,2H2,1H3/b23-21+. The van der Waals surface area contributed by atoms with Gasteiger partial charge in [0.1, 0.15) is 17.3 Å². The van der Waals surface area contributed by atoms with Crippen molar-refractivity contribution in [3.05, 3.63) is 94.5 Å². The fourth-order valence-electron chi connectivity index (χ4n) is 3.95. The third kappa shape index (κ3) is 5.01. The molecule has 0 radical (unpaired) electrons. The van der Waals surface area contributed by atoms with Crippen LogP contribution in [0.5, 0.6) is 11.5 Å². The SMILES string of the molecule is CCOc1cc(/C(O)=C2\C(=O)C(=O)N(c3cccc(OC(F)(F)F)c3)C2c2ccccc2)ccc1Cl. The van der Waals surface area contributed by atoms with Gasteiger partial charge in [-0.2, -0.15) is 0 Å². The van der Waals surface area contributed by atoms with E-state index in [1.54, 1.807) is 37.3 Å². The Morgan fingerprint density at radius 1 is 1.03 bits per heavy atom. The molecule has 1 saturated heterocycles. The van der Waals surface area contributed by atoms with Gasteiger partial charge in [0.25, 0.3) is 11.7 Å². The highest BCUT2D eigenvalue weighted by Gasteiger charge is 2.47. The summed E-state index contributed by atoms with van der Waals surface area (Å²) in [5.41, 5.74) is 0.381. The van der Waals surface area contributed by atoms with Gasteiger partial charge in [-0.1, -0.05) is 48.0 Å². The first-order valence-electron chi connectivity index (χ1n) is 10.7. The topological polar surface area (TPSA) is 76.1 Å². The van der Waals surface area contributed by atoms with Crippen LogP contribution < -0.4 is 14.4 Å². The molecule has 1 unspecified atom stereocenters. The van der Waals surface area contributed by atoms with Crippen LogP contribution in [0.2, 0.25) is 5.02 Å². The van der Waals surface area contributed by atoms with Gasteiger partial charge in [0.2, 0.25) is 0 Å². The van der Waals surface area contributed by atoms with E-state index in [2.05, 4.69) is 4.74 Å². The average molecular weight is 518 g/mol. The van der Waals surface area contributed by atoms with Crippen molar-refractivity contribution >= 4 is 34.7 Å². The van der Waals surface area contributed by atoms with Crippen LogP contribution in [-0.2, 0) is 9.59 Å². The molecule has 1 fully saturated rings. The Morgan fingerprint density at radius 3 is 2.42 bits per heavy atom. The van der Waals surface area contributed by atoms with E-state index in [9.17, 15) is 27.9 Å². The minimum Gasteiger partial charge on any atom is -0.507 e. The third-order valence-electron chi connectivity index (χ3n) is 5.39. The Labute approximate surface area is 209 Å². The Bertz CT molecular complexity index is 1340. The fourth-order valence-corrected chi connectivity index (χ4v) is 4.12. The second kappa shape index (κ2) is 9.94. The average Bonchev–Trinajstić information content (AvgIpc) is 3.10. The van der Waals surface area contributed by atoms with Crippen LogP contribution in [0.3, 0.4) is 0 Å². The smallest absolute Gasteiger partial charge is 0.507 e. The van der Waals surface area contributed by atoms with Gasteiger partial charge in [-0.05, 0) is 42.8 Å². The molecular weight excluding hydrogens is 499 g/mol. The summed E-state index contributed by atoms with van der Waals surface area (Å²) in [6.45, 7) is 2.05. The highest BCUT2D eigenvalue weighted by molar-refractivity contribution is 6.51. The molecule has 10 heteroatoms. The number of halogens is 4. The maximum absolute atomic E-state index is 13.2. The van der Waals surface area contributed by atoms with Gasteiger partial charge in [0.15, 0.2) is 0 Å². The number of hydrogen-bond donors (Lipinski definition) is 1. The predicted molar refractivity (Wildman–Crippen MR) is 127 cm³/mol. The molecule has 1 amide bonds. The van der Waals surface area contributed by atoms with Crippen molar-refractivity contribution < 1.29 is 37.3 Å². The van der Waals surface area contributed by atoms with E-state index in [1.807, 2.05) is 0 Å². The minimum absolute atomic E-state index is 0.0159. The van der Waals surface area contributed by atoms with Crippen molar-refractivity contribution in [2.24, 2.45) is 0 Å². The number of benzene rings is 3. The molecule has 1 atom stereocenters. The molecule has 0 aromatic heterocycles. The van der Waals surface area contributed by atoms with Crippen molar-refractivity contribution in [1.82, 2.24) is 0 Å². The molecule has 4 rings (SSSR count).